The van der Waals surface area contributed by atoms with Gasteiger partial charge in [-0.1, -0.05) is 0 Å². The van der Waals surface area contributed by atoms with E-state index >= 15 is 0 Å². The van der Waals surface area contributed by atoms with Gasteiger partial charge in [0.15, 0.2) is 0 Å². The molecule has 8 heteroatoms. The standard InChI is InChI=1S/C12H15BrN2O4S/c1-19-12(16)9-3-2-4-15(8-9)20(17,18)11-5-10(13)6-14-7-11/h5-7,9H,2-4,8H2,1H3. The number of sulfonamides is 1. The molecule has 1 saturated heterocycles. The highest BCUT2D eigenvalue weighted by atomic mass is 79.9. The van der Waals surface area contributed by atoms with Gasteiger partial charge in [-0.2, -0.15) is 4.31 Å². The lowest BCUT2D eigenvalue weighted by molar-refractivity contribution is -0.146. The normalized spacial score (nSPS) is 20.6. The third-order valence-electron chi connectivity index (χ3n) is 3.24. The van der Waals surface area contributed by atoms with E-state index < -0.39 is 15.9 Å². The van der Waals surface area contributed by atoms with Gasteiger partial charge >= 0.3 is 5.97 Å². The fourth-order valence-electron chi connectivity index (χ4n) is 2.20. The van der Waals surface area contributed by atoms with E-state index in [2.05, 4.69) is 20.9 Å². The Morgan fingerprint density at radius 3 is 2.90 bits per heavy atom. The topological polar surface area (TPSA) is 76.6 Å². The number of carbonyl (C=O) groups excluding carboxylic acids is 1. The molecule has 1 fully saturated rings. The first-order chi connectivity index (χ1) is 9.45. The molecule has 0 amide bonds. The Bertz CT molecular complexity index is 605. The predicted molar refractivity (Wildman–Crippen MR) is 75.4 cm³/mol. The van der Waals surface area contributed by atoms with Crippen molar-refractivity contribution in [1.29, 1.82) is 0 Å². The highest BCUT2D eigenvalue weighted by molar-refractivity contribution is 9.10. The second-order valence-corrected chi connectivity index (χ2v) is 7.42. The maximum absolute atomic E-state index is 12.5. The number of hydrogen-bond acceptors (Lipinski definition) is 5. The molecule has 0 bridgehead atoms. The number of halogens is 1. The molecular formula is C12H15BrN2O4S. The summed E-state index contributed by atoms with van der Waals surface area (Å²) < 4.78 is 31.6. The number of piperidine rings is 1. The largest absolute Gasteiger partial charge is 0.469 e. The molecule has 0 radical (unpaired) electrons. The molecule has 6 nitrogen and oxygen atoms in total. The highest BCUT2D eigenvalue weighted by Gasteiger charge is 2.33. The Morgan fingerprint density at radius 1 is 1.50 bits per heavy atom. The number of aromatic nitrogens is 1. The molecule has 0 spiro atoms. The van der Waals surface area contributed by atoms with Crippen LogP contribution < -0.4 is 0 Å². The molecule has 20 heavy (non-hydrogen) atoms. The summed E-state index contributed by atoms with van der Waals surface area (Å²) in [5.41, 5.74) is 0. The molecule has 0 N–H and O–H groups in total. The number of nitrogens with zero attached hydrogens (tertiary/aromatic N) is 2. The molecular weight excluding hydrogens is 348 g/mol. The van der Waals surface area contributed by atoms with Crippen molar-refractivity contribution in [2.45, 2.75) is 17.7 Å². The number of esters is 1. The molecule has 1 atom stereocenters. The van der Waals surface area contributed by atoms with E-state index in [-0.39, 0.29) is 17.4 Å². The Balaban J connectivity index is 2.23. The van der Waals surface area contributed by atoms with E-state index in [1.54, 1.807) is 0 Å². The molecule has 1 aliphatic heterocycles. The van der Waals surface area contributed by atoms with Crippen molar-refractivity contribution in [1.82, 2.24) is 9.29 Å². The van der Waals surface area contributed by atoms with Crippen LogP contribution in [0, 0.1) is 5.92 Å². The van der Waals surface area contributed by atoms with Gasteiger partial charge in [0, 0.05) is 30.0 Å². The first-order valence-corrected chi connectivity index (χ1v) is 8.37. The van der Waals surface area contributed by atoms with Crippen molar-refractivity contribution < 1.29 is 17.9 Å². The fraction of sp³-hybridized carbons (Fsp3) is 0.500. The summed E-state index contributed by atoms with van der Waals surface area (Å²) in [7, 11) is -2.31. The van der Waals surface area contributed by atoms with Gasteiger partial charge in [0.05, 0.1) is 13.0 Å². The van der Waals surface area contributed by atoms with Gasteiger partial charge in [0.2, 0.25) is 10.0 Å². The summed E-state index contributed by atoms with van der Waals surface area (Å²) in [5.74, 6) is -0.763. The van der Waals surface area contributed by atoms with Gasteiger partial charge in [-0.3, -0.25) is 9.78 Å². The monoisotopic (exact) mass is 362 g/mol. The smallest absolute Gasteiger partial charge is 0.309 e. The third-order valence-corrected chi connectivity index (χ3v) is 5.50. The van der Waals surface area contributed by atoms with E-state index in [4.69, 9.17) is 4.74 Å². The van der Waals surface area contributed by atoms with E-state index in [1.165, 1.54) is 29.9 Å². The van der Waals surface area contributed by atoms with Crippen molar-refractivity contribution in [3.8, 4) is 0 Å². The predicted octanol–water partition coefficient (Wildman–Crippen LogP) is 1.42. The van der Waals surface area contributed by atoms with Crippen LogP contribution in [0.3, 0.4) is 0 Å². The van der Waals surface area contributed by atoms with Crippen molar-refractivity contribution >= 4 is 31.9 Å². The van der Waals surface area contributed by atoms with E-state index in [9.17, 15) is 13.2 Å². The van der Waals surface area contributed by atoms with E-state index in [1.807, 2.05) is 0 Å². The van der Waals surface area contributed by atoms with Crippen molar-refractivity contribution in [3.05, 3.63) is 22.9 Å². The fourth-order valence-corrected chi connectivity index (χ4v) is 4.23. The van der Waals surface area contributed by atoms with Crippen molar-refractivity contribution in [2.24, 2.45) is 5.92 Å². The minimum Gasteiger partial charge on any atom is -0.469 e. The lowest BCUT2D eigenvalue weighted by Gasteiger charge is -2.30. The van der Waals surface area contributed by atoms with Crippen LogP contribution in [0.25, 0.3) is 0 Å². The lowest BCUT2D eigenvalue weighted by atomic mass is 10.0. The Hall–Kier alpha value is -0.990. The molecule has 0 aromatic carbocycles. The molecule has 1 unspecified atom stereocenters. The Morgan fingerprint density at radius 2 is 2.25 bits per heavy atom. The molecule has 1 aromatic rings. The van der Waals surface area contributed by atoms with Crippen LogP contribution in [0.15, 0.2) is 27.8 Å². The first-order valence-electron chi connectivity index (χ1n) is 6.13. The molecule has 2 rings (SSSR count). The summed E-state index contributed by atoms with van der Waals surface area (Å²) in [6, 6.07) is 1.50. The maximum atomic E-state index is 12.5. The molecule has 2 heterocycles. The minimum absolute atomic E-state index is 0.123. The number of methoxy groups -OCH3 is 1. The summed E-state index contributed by atoms with van der Waals surface area (Å²) >= 11 is 3.21. The molecule has 110 valence electrons. The number of ether oxygens (including phenoxy) is 1. The average Bonchev–Trinajstić information content (AvgIpc) is 2.46. The summed E-state index contributed by atoms with van der Waals surface area (Å²) in [5, 5.41) is 0. The first kappa shape index (κ1) is 15.4. The van der Waals surface area contributed by atoms with Crippen LogP contribution in [-0.4, -0.2) is 43.9 Å². The van der Waals surface area contributed by atoms with Crippen LogP contribution in [0.5, 0.6) is 0 Å². The molecule has 0 aliphatic carbocycles. The summed E-state index contributed by atoms with van der Waals surface area (Å²) in [4.78, 5) is 15.6. The number of hydrogen-bond donors (Lipinski definition) is 0. The third kappa shape index (κ3) is 3.18. The second-order valence-electron chi connectivity index (χ2n) is 4.56. The zero-order chi connectivity index (χ0) is 14.8. The van der Waals surface area contributed by atoms with Crippen molar-refractivity contribution in [3.63, 3.8) is 0 Å². The van der Waals surface area contributed by atoms with Crippen LogP contribution in [0.2, 0.25) is 0 Å². The number of carbonyl (C=O) groups is 1. The van der Waals surface area contributed by atoms with Gasteiger partial charge in [-0.25, -0.2) is 8.42 Å². The SMILES string of the molecule is COC(=O)C1CCCN(S(=O)(=O)c2cncc(Br)c2)C1. The van der Waals surface area contributed by atoms with Gasteiger partial charge in [-0.05, 0) is 34.8 Å². The molecule has 0 saturated carbocycles. The van der Waals surface area contributed by atoms with Gasteiger partial charge in [0.25, 0.3) is 0 Å². The minimum atomic E-state index is -3.63. The molecule has 1 aliphatic rings. The number of rotatable bonds is 3. The van der Waals surface area contributed by atoms with Crippen LogP contribution >= 0.6 is 15.9 Å². The van der Waals surface area contributed by atoms with E-state index in [0.717, 1.165) is 0 Å². The van der Waals surface area contributed by atoms with Crippen molar-refractivity contribution in [2.75, 3.05) is 20.2 Å². The highest BCUT2D eigenvalue weighted by Crippen LogP contribution is 2.25. The lowest BCUT2D eigenvalue weighted by Crippen LogP contribution is -2.42. The average molecular weight is 363 g/mol. The quantitative estimate of drug-likeness (QED) is 0.760. The van der Waals surface area contributed by atoms with Crippen LogP contribution in [0.1, 0.15) is 12.8 Å². The zero-order valence-corrected chi connectivity index (χ0v) is 13.4. The Labute approximate surface area is 126 Å². The van der Waals surface area contributed by atoms with Crippen LogP contribution in [0.4, 0.5) is 0 Å². The Kier molecular flexibility index (Phi) is 4.77. The van der Waals surface area contributed by atoms with Crippen LogP contribution in [-0.2, 0) is 19.6 Å². The van der Waals surface area contributed by atoms with Gasteiger partial charge in [0.1, 0.15) is 4.90 Å². The van der Waals surface area contributed by atoms with Gasteiger partial charge < -0.3 is 4.74 Å². The second kappa shape index (κ2) is 6.19. The summed E-state index contributed by atoms with van der Waals surface area (Å²) in [6.45, 7) is 0.559. The van der Waals surface area contributed by atoms with E-state index in [0.29, 0.717) is 23.9 Å². The number of pyridine rings is 1. The summed E-state index contributed by atoms with van der Waals surface area (Å²) in [6.07, 6.45) is 4.12. The van der Waals surface area contributed by atoms with Gasteiger partial charge in [-0.15, -0.1) is 0 Å². The molecule has 1 aromatic heterocycles. The zero-order valence-electron chi connectivity index (χ0n) is 11.0. The maximum Gasteiger partial charge on any atom is 0.309 e.